The smallest absolute Gasteiger partial charge is 0.124 e. The van der Waals surface area contributed by atoms with Crippen molar-refractivity contribution in [2.24, 2.45) is 0 Å². The van der Waals surface area contributed by atoms with Gasteiger partial charge >= 0.3 is 0 Å². The Morgan fingerprint density at radius 3 is 2.86 bits per heavy atom. The highest BCUT2D eigenvalue weighted by Crippen LogP contribution is 2.23. The summed E-state index contributed by atoms with van der Waals surface area (Å²) < 4.78 is 5.93. The lowest BCUT2D eigenvalue weighted by Crippen LogP contribution is -2.14. The summed E-state index contributed by atoms with van der Waals surface area (Å²) in [5.74, 6) is 0.865. The molecule has 0 saturated heterocycles. The van der Waals surface area contributed by atoms with E-state index >= 15 is 0 Å². The molecule has 0 spiro atoms. The van der Waals surface area contributed by atoms with Crippen LogP contribution in [-0.4, -0.2) is 11.5 Å². The quantitative estimate of drug-likeness (QED) is 0.781. The van der Waals surface area contributed by atoms with E-state index in [1.165, 1.54) is 0 Å². The normalized spacial score (nSPS) is 10.6. The number of benzene rings is 1. The summed E-state index contributed by atoms with van der Waals surface area (Å²) in [5, 5.41) is 4.10. The van der Waals surface area contributed by atoms with Gasteiger partial charge in [0, 0.05) is 35.1 Å². The second kappa shape index (κ2) is 8.01. The molecule has 2 aromatic rings. The maximum Gasteiger partial charge on any atom is 0.124 e. The van der Waals surface area contributed by atoms with Gasteiger partial charge in [-0.05, 0) is 49.7 Å². The van der Waals surface area contributed by atoms with Crippen molar-refractivity contribution in [3.8, 4) is 5.75 Å². The summed E-state index contributed by atoms with van der Waals surface area (Å²) >= 11 is 6.07. The van der Waals surface area contributed by atoms with Gasteiger partial charge in [0.25, 0.3) is 0 Å². The number of aryl methyl sites for hydroxylation is 1. The van der Waals surface area contributed by atoms with Crippen LogP contribution in [0.1, 0.15) is 30.0 Å². The number of nitrogens with one attached hydrogen (secondary N) is 1. The number of ether oxygens (including phenoxy) is 1. The van der Waals surface area contributed by atoms with E-state index in [0.717, 1.165) is 47.0 Å². The van der Waals surface area contributed by atoms with E-state index in [9.17, 15) is 0 Å². The Morgan fingerprint density at radius 2 is 2.10 bits per heavy atom. The van der Waals surface area contributed by atoms with Crippen molar-refractivity contribution in [2.75, 3.05) is 6.54 Å². The fourth-order valence-corrected chi connectivity index (χ4v) is 2.28. The van der Waals surface area contributed by atoms with Crippen LogP contribution in [0.4, 0.5) is 0 Å². The summed E-state index contributed by atoms with van der Waals surface area (Å²) in [6.07, 6.45) is 4.77. The first-order valence-corrected chi connectivity index (χ1v) is 7.59. The Kier molecular flexibility index (Phi) is 6.03. The molecule has 112 valence electrons. The Balaban J connectivity index is 2.04. The summed E-state index contributed by atoms with van der Waals surface area (Å²) in [6, 6.07) is 7.81. The topological polar surface area (TPSA) is 34.1 Å². The molecule has 1 aromatic carbocycles. The number of rotatable bonds is 7. The average molecular weight is 305 g/mol. The molecule has 3 nitrogen and oxygen atoms in total. The zero-order valence-corrected chi connectivity index (χ0v) is 13.3. The minimum absolute atomic E-state index is 0.511. The van der Waals surface area contributed by atoms with Gasteiger partial charge in [-0.15, -0.1) is 0 Å². The molecule has 2 rings (SSSR count). The van der Waals surface area contributed by atoms with Crippen LogP contribution in [0.2, 0.25) is 5.02 Å². The van der Waals surface area contributed by atoms with Crippen molar-refractivity contribution in [1.82, 2.24) is 10.3 Å². The molecule has 0 saturated carbocycles. The van der Waals surface area contributed by atoms with Crippen molar-refractivity contribution >= 4 is 11.6 Å². The third kappa shape index (κ3) is 5.03. The lowest BCUT2D eigenvalue weighted by atomic mass is 10.2. The van der Waals surface area contributed by atoms with E-state index in [1.54, 1.807) is 0 Å². The van der Waals surface area contributed by atoms with Crippen LogP contribution >= 0.6 is 11.6 Å². The largest absolute Gasteiger partial charge is 0.489 e. The average Bonchev–Trinajstić information content (AvgIpc) is 2.47. The van der Waals surface area contributed by atoms with Crippen LogP contribution in [0.15, 0.2) is 36.7 Å². The van der Waals surface area contributed by atoms with E-state index in [0.29, 0.717) is 6.61 Å². The van der Waals surface area contributed by atoms with Gasteiger partial charge in [-0.25, -0.2) is 0 Å². The third-order valence-corrected chi connectivity index (χ3v) is 3.33. The molecular weight excluding hydrogens is 284 g/mol. The molecule has 0 fully saturated rings. The SMILES string of the molecule is CCCNCc1cc(Cl)ccc1OCc1cncc(C)c1. The Labute approximate surface area is 131 Å². The second-order valence-corrected chi connectivity index (χ2v) is 5.52. The monoisotopic (exact) mass is 304 g/mol. The fourth-order valence-electron chi connectivity index (χ4n) is 2.08. The maximum atomic E-state index is 6.07. The van der Waals surface area contributed by atoms with Gasteiger partial charge in [0.1, 0.15) is 12.4 Å². The Hall–Kier alpha value is -1.58. The molecule has 0 amide bonds. The van der Waals surface area contributed by atoms with Crippen LogP contribution in [0.25, 0.3) is 0 Å². The zero-order chi connectivity index (χ0) is 15.1. The molecule has 0 bridgehead atoms. The lowest BCUT2D eigenvalue weighted by molar-refractivity contribution is 0.301. The molecule has 0 atom stereocenters. The molecule has 4 heteroatoms. The Morgan fingerprint density at radius 1 is 1.24 bits per heavy atom. The molecule has 0 aliphatic carbocycles. The molecule has 1 aromatic heterocycles. The van der Waals surface area contributed by atoms with E-state index < -0.39 is 0 Å². The highest BCUT2D eigenvalue weighted by Gasteiger charge is 2.05. The van der Waals surface area contributed by atoms with E-state index in [4.69, 9.17) is 16.3 Å². The van der Waals surface area contributed by atoms with Gasteiger partial charge in [0.05, 0.1) is 0 Å². The van der Waals surface area contributed by atoms with Crippen molar-refractivity contribution in [3.05, 3.63) is 58.4 Å². The summed E-state index contributed by atoms with van der Waals surface area (Å²) in [7, 11) is 0. The van der Waals surface area contributed by atoms with Gasteiger partial charge in [0.15, 0.2) is 0 Å². The molecule has 1 heterocycles. The first-order valence-electron chi connectivity index (χ1n) is 7.21. The van der Waals surface area contributed by atoms with Crippen molar-refractivity contribution < 1.29 is 4.74 Å². The molecule has 0 aliphatic rings. The molecule has 1 N–H and O–H groups in total. The summed E-state index contributed by atoms with van der Waals surface area (Å²) in [4.78, 5) is 4.18. The Bertz CT molecular complexity index is 587. The van der Waals surface area contributed by atoms with Gasteiger partial charge in [-0.1, -0.05) is 18.5 Å². The van der Waals surface area contributed by atoms with Crippen molar-refractivity contribution in [1.29, 1.82) is 0 Å². The van der Waals surface area contributed by atoms with E-state index in [1.807, 2.05) is 37.5 Å². The highest BCUT2D eigenvalue weighted by molar-refractivity contribution is 6.30. The van der Waals surface area contributed by atoms with E-state index in [-0.39, 0.29) is 0 Å². The van der Waals surface area contributed by atoms with Gasteiger partial charge in [-0.2, -0.15) is 0 Å². The van der Waals surface area contributed by atoms with E-state index in [2.05, 4.69) is 23.3 Å². The number of halogens is 1. The summed E-state index contributed by atoms with van der Waals surface area (Å²) in [5.41, 5.74) is 3.28. The first kappa shape index (κ1) is 15.8. The second-order valence-electron chi connectivity index (χ2n) is 5.09. The van der Waals surface area contributed by atoms with Crippen LogP contribution in [-0.2, 0) is 13.2 Å². The minimum Gasteiger partial charge on any atom is -0.489 e. The van der Waals surface area contributed by atoms with Crippen LogP contribution in [0, 0.1) is 6.92 Å². The predicted octanol–water partition coefficient (Wildman–Crippen LogP) is 4.12. The fraction of sp³-hybridized carbons (Fsp3) is 0.353. The zero-order valence-electron chi connectivity index (χ0n) is 12.5. The molecule has 21 heavy (non-hydrogen) atoms. The van der Waals surface area contributed by atoms with Crippen molar-refractivity contribution in [2.45, 2.75) is 33.4 Å². The third-order valence-electron chi connectivity index (χ3n) is 3.09. The maximum absolute atomic E-state index is 6.07. The van der Waals surface area contributed by atoms with Gasteiger partial charge < -0.3 is 10.1 Å². The molecule has 0 aliphatic heterocycles. The minimum atomic E-state index is 0.511. The number of pyridine rings is 1. The molecular formula is C17H21ClN2O. The summed E-state index contributed by atoms with van der Waals surface area (Å²) in [6.45, 7) is 6.42. The predicted molar refractivity (Wildman–Crippen MR) is 86.8 cm³/mol. The number of nitrogens with zero attached hydrogens (tertiary/aromatic N) is 1. The highest BCUT2D eigenvalue weighted by atomic mass is 35.5. The molecule has 0 unspecified atom stereocenters. The van der Waals surface area contributed by atoms with Crippen LogP contribution in [0.5, 0.6) is 5.75 Å². The van der Waals surface area contributed by atoms with Crippen LogP contribution in [0.3, 0.4) is 0 Å². The lowest BCUT2D eigenvalue weighted by Gasteiger charge is -2.13. The van der Waals surface area contributed by atoms with Gasteiger partial charge in [0.2, 0.25) is 0 Å². The first-order chi connectivity index (χ1) is 10.2. The number of hydrogen-bond acceptors (Lipinski definition) is 3. The van der Waals surface area contributed by atoms with Crippen LogP contribution < -0.4 is 10.1 Å². The molecule has 0 radical (unpaired) electrons. The number of aromatic nitrogens is 1. The van der Waals surface area contributed by atoms with Crippen molar-refractivity contribution in [3.63, 3.8) is 0 Å². The van der Waals surface area contributed by atoms with Gasteiger partial charge in [-0.3, -0.25) is 4.98 Å². The standard InChI is InChI=1S/C17H21ClN2O/c1-3-6-19-11-15-8-16(18)4-5-17(15)21-12-14-7-13(2)9-20-10-14/h4-5,7-10,19H,3,6,11-12H2,1-2H3. The number of hydrogen-bond donors (Lipinski definition) is 1.